The van der Waals surface area contributed by atoms with Crippen molar-refractivity contribution in [2.45, 2.75) is 52.1 Å². The van der Waals surface area contributed by atoms with Gasteiger partial charge >= 0.3 is 0 Å². The molecule has 0 aliphatic rings. The highest BCUT2D eigenvalue weighted by Gasteiger charge is 2.32. The Labute approximate surface area is 127 Å². The average Bonchev–Trinajstić information content (AvgIpc) is 2.51. The summed E-state index contributed by atoms with van der Waals surface area (Å²) < 4.78 is 10.9. The molecule has 0 aromatic heterocycles. The smallest absolute Gasteiger partial charge is 0.256 e. The number of ether oxygens (including phenoxy) is 2. The van der Waals surface area contributed by atoms with Crippen molar-refractivity contribution in [3.8, 4) is 5.75 Å². The Morgan fingerprint density at radius 2 is 1.86 bits per heavy atom. The molecule has 0 bridgehead atoms. The standard InChI is InChI=1S/C17H27NO3/c1-5-7-12-17(3,20-4)16(19)18-14-8-10-15(11-9-14)21-13-6-2/h8-11H,5-7,12-13H2,1-4H3,(H,18,19)/t17-/m0/s1. The van der Waals surface area contributed by atoms with Crippen LogP contribution in [0.1, 0.15) is 46.5 Å². The van der Waals surface area contributed by atoms with Gasteiger partial charge in [0.05, 0.1) is 6.61 Å². The quantitative estimate of drug-likeness (QED) is 0.748. The highest BCUT2D eigenvalue weighted by Crippen LogP contribution is 2.22. The average molecular weight is 293 g/mol. The van der Waals surface area contributed by atoms with Crippen molar-refractivity contribution in [2.75, 3.05) is 19.0 Å². The van der Waals surface area contributed by atoms with Crippen LogP contribution >= 0.6 is 0 Å². The van der Waals surface area contributed by atoms with Crippen LogP contribution in [0.15, 0.2) is 24.3 Å². The number of rotatable bonds is 9. The fourth-order valence-corrected chi connectivity index (χ4v) is 1.94. The van der Waals surface area contributed by atoms with E-state index in [9.17, 15) is 4.79 Å². The maximum Gasteiger partial charge on any atom is 0.256 e. The second-order valence-corrected chi connectivity index (χ2v) is 5.37. The zero-order chi connectivity index (χ0) is 15.7. The van der Waals surface area contributed by atoms with Crippen LogP contribution in [0.3, 0.4) is 0 Å². The van der Waals surface area contributed by atoms with Gasteiger partial charge in [-0.15, -0.1) is 0 Å². The van der Waals surface area contributed by atoms with Crippen molar-refractivity contribution in [3.05, 3.63) is 24.3 Å². The number of carbonyl (C=O) groups excluding carboxylic acids is 1. The molecule has 21 heavy (non-hydrogen) atoms. The van der Waals surface area contributed by atoms with Crippen LogP contribution in [-0.4, -0.2) is 25.2 Å². The molecule has 0 aliphatic carbocycles. The van der Waals surface area contributed by atoms with E-state index in [-0.39, 0.29) is 5.91 Å². The highest BCUT2D eigenvalue weighted by atomic mass is 16.5. The van der Waals surface area contributed by atoms with Gasteiger partial charge < -0.3 is 14.8 Å². The fraction of sp³-hybridized carbons (Fsp3) is 0.588. The SMILES string of the molecule is CCCC[C@](C)(OC)C(=O)Nc1ccc(OCCC)cc1. The first-order chi connectivity index (χ1) is 10.1. The van der Waals surface area contributed by atoms with Gasteiger partial charge in [0.25, 0.3) is 5.91 Å². The number of carbonyl (C=O) groups is 1. The molecule has 0 fully saturated rings. The molecule has 1 aromatic carbocycles. The van der Waals surface area contributed by atoms with Crippen molar-refractivity contribution in [3.63, 3.8) is 0 Å². The molecular weight excluding hydrogens is 266 g/mol. The molecule has 4 nitrogen and oxygen atoms in total. The molecular formula is C17H27NO3. The number of anilines is 1. The Hall–Kier alpha value is -1.55. The van der Waals surface area contributed by atoms with E-state index in [0.29, 0.717) is 13.0 Å². The van der Waals surface area contributed by atoms with Crippen LogP contribution in [-0.2, 0) is 9.53 Å². The maximum absolute atomic E-state index is 12.4. The van der Waals surface area contributed by atoms with E-state index in [4.69, 9.17) is 9.47 Å². The third-order valence-corrected chi connectivity index (χ3v) is 3.52. The first-order valence-corrected chi connectivity index (χ1v) is 7.65. The van der Waals surface area contributed by atoms with Gasteiger partial charge in [-0.3, -0.25) is 4.79 Å². The highest BCUT2D eigenvalue weighted by molar-refractivity contribution is 5.97. The Kier molecular flexibility index (Phi) is 7.23. The molecule has 0 radical (unpaired) electrons. The van der Waals surface area contributed by atoms with Gasteiger partial charge in [-0.2, -0.15) is 0 Å². The van der Waals surface area contributed by atoms with Crippen LogP contribution < -0.4 is 10.1 Å². The Morgan fingerprint density at radius 1 is 1.19 bits per heavy atom. The van der Waals surface area contributed by atoms with Gasteiger partial charge in [-0.05, 0) is 44.0 Å². The molecule has 1 amide bonds. The van der Waals surface area contributed by atoms with Gasteiger partial charge in [-0.25, -0.2) is 0 Å². The molecule has 1 N–H and O–H groups in total. The van der Waals surface area contributed by atoms with E-state index in [1.807, 2.05) is 31.2 Å². The molecule has 1 atom stereocenters. The summed E-state index contributed by atoms with van der Waals surface area (Å²) in [4.78, 5) is 12.4. The summed E-state index contributed by atoms with van der Waals surface area (Å²) in [5.74, 6) is 0.705. The predicted molar refractivity (Wildman–Crippen MR) is 85.8 cm³/mol. The monoisotopic (exact) mass is 293 g/mol. The normalized spacial score (nSPS) is 13.5. The first-order valence-electron chi connectivity index (χ1n) is 7.65. The van der Waals surface area contributed by atoms with Crippen LogP contribution in [0.4, 0.5) is 5.69 Å². The number of methoxy groups -OCH3 is 1. The van der Waals surface area contributed by atoms with Gasteiger partial charge in [0.1, 0.15) is 11.4 Å². The van der Waals surface area contributed by atoms with Gasteiger partial charge in [-0.1, -0.05) is 26.7 Å². The molecule has 0 heterocycles. The van der Waals surface area contributed by atoms with Crippen molar-refractivity contribution in [2.24, 2.45) is 0 Å². The second-order valence-electron chi connectivity index (χ2n) is 5.37. The zero-order valence-corrected chi connectivity index (χ0v) is 13.6. The summed E-state index contributed by atoms with van der Waals surface area (Å²) in [7, 11) is 1.58. The number of nitrogens with one attached hydrogen (secondary N) is 1. The van der Waals surface area contributed by atoms with Crippen molar-refractivity contribution in [1.29, 1.82) is 0 Å². The van der Waals surface area contributed by atoms with Crippen LogP contribution in [0.2, 0.25) is 0 Å². The largest absolute Gasteiger partial charge is 0.494 e. The summed E-state index contributed by atoms with van der Waals surface area (Å²) in [5, 5.41) is 2.91. The van der Waals surface area contributed by atoms with Crippen molar-refractivity contribution < 1.29 is 14.3 Å². The summed E-state index contributed by atoms with van der Waals surface area (Å²) in [5.41, 5.74) is -0.0310. The lowest BCUT2D eigenvalue weighted by Crippen LogP contribution is -2.41. The van der Waals surface area contributed by atoms with E-state index in [0.717, 1.165) is 30.7 Å². The lowest BCUT2D eigenvalue weighted by atomic mass is 9.97. The van der Waals surface area contributed by atoms with E-state index < -0.39 is 5.60 Å². The molecule has 118 valence electrons. The molecule has 1 aromatic rings. The first kappa shape index (κ1) is 17.5. The molecule has 0 aliphatic heterocycles. The summed E-state index contributed by atoms with van der Waals surface area (Å²) in [6.45, 7) is 6.70. The van der Waals surface area contributed by atoms with Gasteiger partial charge in [0, 0.05) is 12.8 Å². The lowest BCUT2D eigenvalue weighted by molar-refractivity contribution is -0.136. The minimum absolute atomic E-state index is 0.110. The minimum atomic E-state index is -0.784. The molecule has 0 unspecified atom stereocenters. The maximum atomic E-state index is 12.4. The number of hydrogen-bond acceptors (Lipinski definition) is 3. The Bertz CT molecular complexity index is 430. The molecule has 0 saturated heterocycles. The van der Waals surface area contributed by atoms with E-state index in [2.05, 4.69) is 19.2 Å². The van der Waals surface area contributed by atoms with Crippen LogP contribution in [0.5, 0.6) is 5.75 Å². The third-order valence-electron chi connectivity index (χ3n) is 3.52. The third kappa shape index (κ3) is 5.38. The zero-order valence-electron chi connectivity index (χ0n) is 13.6. The summed E-state index contributed by atoms with van der Waals surface area (Å²) >= 11 is 0. The summed E-state index contributed by atoms with van der Waals surface area (Å²) in [6.07, 6.45) is 3.68. The lowest BCUT2D eigenvalue weighted by Gasteiger charge is -2.26. The topological polar surface area (TPSA) is 47.6 Å². The van der Waals surface area contributed by atoms with Crippen molar-refractivity contribution in [1.82, 2.24) is 0 Å². The van der Waals surface area contributed by atoms with Gasteiger partial charge in [0.2, 0.25) is 0 Å². The number of unbranched alkanes of at least 4 members (excludes halogenated alkanes) is 1. The second kappa shape index (κ2) is 8.67. The van der Waals surface area contributed by atoms with E-state index in [1.165, 1.54) is 0 Å². The number of amides is 1. The van der Waals surface area contributed by atoms with Crippen LogP contribution in [0, 0.1) is 0 Å². The Balaban J connectivity index is 2.64. The minimum Gasteiger partial charge on any atom is -0.494 e. The Morgan fingerprint density at radius 3 is 2.38 bits per heavy atom. The predicted octanol–water partition coefficient (Wildman–Crippen LogP) is 4.01. The molecule has 0 spiro atoms. The molecule has 1 rings (SSSR count). The fourth-order valence-electron chi connectivity index (χ4n) is 1.94. The van der Waals surface area contributed by atoms with Crippen LogP contribution in [0.25, 0.3) is 0 Å². The molecule has 4 heteroatoms. The molecule has 0 saturated carbocycles. The number of benzene rings is 1. The summed E-state index contributed by atoms with van der Waals surface area (Å²) in [6, 6.07) is 7.42. The van der Waals surface area contributed by atoms with Gasteiger partial charge in [0.15, 0.2) is 0 Å². The number of hydrogen-bond donors (Lipinski definition) is 1. The van der Waals surface area contributed by atoms with Crippen molar-refractivity contribution >= 4 is 11.6 Å². The van der Waals surface area contributed by atoms with E-state index >= 15 is 0 Å². The van der Waals surface area contributed by atoms with E-state index in [1.54, 1.807) is 7.11 Å².